The molecular formula is C10H21K. The number of hydrogen-bond donors (Lipinski definition) is 0. The first-order chi connectivity index (χ1) is 5.27. The molecule has 0 aliphatic rings. The Morgan fingerprint density at radius 2 is 1.45 bits per heavy atom. The van der Waals surface area contributed by atoms with Crippen molar-refractivity contribution >= 4 is 49.0 Å². The first-order valence-corrected chi connectivity index (χ1v) is 7.48. The normalized spacial score (nSPS) is 11.0. The van der Waals surface area contributed by atoms with Gasteiger partial charge >= 0.3 is 108 Å². The molecule has 0 rings (SSSR count). The minimum atomic E-state index is 0.913. The Bertz CT molecular complexity index is 69.3. The molecule has 0 saturated heterocycles. The van der Waals surface area contributed by atoms with Gasteiger partial charge in [-0.3, -0.25) is 0 Å². The van der Waals surface area contributed by atoms with Crippen molar-refractivity contribution < 1.29 is 0 Å². The van der Waals surface area contributed by atoms with Crippen LogP contribution in [-0.2, 0) is 0 Å². The predicted octanol–water partition coefficient (Wildman–Crippen LogP) is 3.57. The van der Waals surface area contributed by atoms with E-state index in [1.807, 2.05) is 0 Å². The van der Waals surface area contributed by atoms with Crippen LogP contribution in [0.25, 0.3) is 0 Å². The van der Waals surface area contributed by atoms with Crippen LogP contribution in [-0.4, -0.2) is 49.0 Å². The van der Waals surface area contributed by atoms with Gasteiger partial charge in [0.15, 0.2) is 0 Å². The molecule has 0 atom stereocenters. The molecule has 62 valence electrons. The summed E-state index contributed by atoms with van der Waals surface area (Å²) in [6, 6.07) is 0. The molecule has 0 aromatic carbocycles. The zero-order valence-electron chi connectivity index (χ0n) is 8.53. The monoisotopic (exact) mass is 180 g/mol. The van der Waals surface area contributed by atoms with Crippen LogP contribution in [0.2, 0.25) is 0.515 Å². The molecule has 0 spiro atoms. The number of rotatable bonds is 7. The Morgan fingerprint density at radius 1 is 0.909 bits per heavy atom. The molecule has 0 nitrogen and oxygen atoms in total. The van der Waals surface area contributed by atoms with Gasteiger partial charge < -0.3 is 0 Å². The van der Waals surface area contributed by atoms with Crippen LogP contribution in [0.3, 0.4) is 0 Å². The predicted molar refractivity (Wildman–Crippen MR) is 53.1 cm³/mol. The van der Waals surface area contributed by atoms with Crippen LogP contribution in [0.15, 0.2) is 0 Å². The minimum absolute atomic E-state index is 0.913. The van der Waals surface area contributed by atoms with Crippen molar-refractivity contribution in [3.8, 4) is 0 Å². The molecule has 0 aromatic rings. The van der Waals surface area contributed by atoms with Crippen LogP contribution in [0.4, 0.5) is 0 Å². The first-order valence-electron chi connectivity index (χ1n) is 5.27. The standard InChI is InChI=1S/C10H21.K/c1-4-5-6-7-8-9-10(2)3;/h10H,1,4-9H2,2-3H3;. The van der Waals surface area contributed by atoms with Crippen molar-refractivity contribution in [1.82, 2.24) is 0 Å². The third kappa shape index (κ3) is 11.6. The Morgan fingerprint density at radius 3 is 2.00 bits per heavy atom. The van der Waals surface area contributed by atoms with Gasteiger partial charge in [0.05, 0.1) is 0 Å². The fourth-order valence-corrected chi connectivity index (χ4v) is 2.11. The van der Waals surface area contributed by atoms with E-state index >= 15 is 0 Å². The Balaban J connectivity index is 2.80. The van der Waals surface area contributed by atoms with Crippen molar-refractivity contribution in [2.75, 3.05) is 0 Å². The van der Waals surface area contributed by atoms with E-state index in [-0.39, 0.29) is 0 Å². The average molecular weight is 180 g/mol. The molecule has 0 unspecified atom stereocenters. The fourth-order valence-electron chi connectivity index (χ4n) is 1.33. The van der Waals surface area contributed by atoms with Gasteiger partial charge in [-0.15, -0.1) is 0 Å². The first kappa shape index (κ1) is 12.6. The topological polar surface area (TPSA) is 0 Å². The molecule has 0 saturated carbocycles. The number of unbranched alkanes of at least 4 members (excludes halogenated alkanes) is 4. The van der Waals surface area contributed by atoms with Crippen LogP contribution in [0, 0.1) is 5.92 Å². The van der Waals surface area contributed by atoms with Crippen LogP contribution in [0.1, 0.15) is 52.4 Å². The summed E-state index contributed by atoms with van der Waals surface area (Å²) in [5, 5.41) is 0. The van der Waals surface area contributed by atoms with Gasteiger partial charge in [-0.2, -0.15) is 0 Å². The van der Waals surface area contributed by atoms with Gasteiger partial charge in [0.1, 0.15) is 0 Å². The second kappa shape index (κ2) is 9.72. The maximum atomic E-state index is 2.32. The molecule has 0 amide bonds. The quantitative estimate of drug-likeness (QED) is 0.415. The van der Waals surface area contributed by atoms with Crippen molar-refractivity contribution in [3.05, 3.63) is 0 Å². The summed E-state index contributed by atoms with van der Waals surface area (Å²) in [6.45, 7) is 4.64. The van der Waals surface area contributed by atoms with E-state index in [1.165, 1.54) is 38.5 Å². The molecule has 0 fully saturated rings. The van der Waals surface area contributed by atoms with Crippen LogP contribution in [0.5, 0.6) is 0 Å². The van der Waals surface area contributed by atoms with Gasteiger partial charge in [0.25, 0.3) is 0 Å². The summed E-state index contributed by atoms with van der Waals surface area (Å²) in [5.41, 5.74) is 0. The van der Waals surface area contributed by atoms with E-state index in [9.17, 15) is 0 Å². The van der Waals surface area contributed by atoms with E-state index in [0.29, 0.717) is 0 Å². The summed E-state index contributed by atoms with van der Waals surface area (Å²) in [4.78, 5) is 0. The summed E-state index contributed by atoms with van der Waals surface area (Å²) < 4.78 is 1.55. The molecule has 0 bridgehead atoms. The van der Waals surface area contributed by atoms with Gasteiger partial charge in [-0.25, -0.2) is 0 Å². The SMILES string of the molecule is CC(C)CCCCCC[CH2][K]. The molecule has 1 heteroatoms. The van der Waals surface area contributed by atoms with E-state index < -0.39 is 0 Å². The van der Waals surface area contributed by atoms with Crippen molar-refractivity contribution in [2.45, 2.75) is 52.9 Å². The fraction of sp³-hybridized carbons (Fsp3) is 1.00. The van der Waals surface area contributed by atoms with Crippen molar-refractivity contribution in [2.24, 2.45) is 5.92 Å². The zero-order chi connectivity index (χ0) is 8.53. The molecule has 0 aliphatic heterocycles. The molecule has 0 aliphatic carbocycles. The van der Waals surface area contributed by atoms with Crippen molar-refractivity contribution in [3.63, 3.8) is 0 Å². The molecular weight excluding hydrogens is 159 g/mol. The Kier molecular flexibility index (Phi) is 11.2. The van der Waals surface area contributed by atoms with Gasteiger partial charge in [-0.1, -0.05) is 0 Å². The Hall–Kier alpha value is 1.64. The van der Waals surface area contributed by atoms with Crippen LogP contribution >= 0.6 is 0 Å². The summed E-state index contributed by atoms with van der Waals surface area (Å²) >= 11 is 1.10. The van der Waals surface area contributed by atoms with E-state index in [4.69, 9.17) is 0 Å². The van der Waals surface area contributed by atoms with Crippen LogP contribution < -0.4 is 0 Å². The van der Waals surface area contributed by atoms with Crippen molar-refractivity contribution in [1.29, 1.82) is 0 Å². The summed E-state index contributed by atoms with van der Waals surface area (Å²) in [7, 11) is 0. The molecule has 11 heavy (non-hydrogen) atoms. The summed E-state index contributed by atoms with van der Waals surface area (Å²) in [6.07, 6.45) is 8.88. The van der Waals surface area contributed by atoms with E-state index in [2.05, 4.69) is 13.8 Å². The molecule has 0 radical (unpaired) electrons. The second-order valence-corrected chi connectivity index (χ2v) is 5.51. The van der Waals surface area contributed by atoms with Gasteiger partial charge in [0.2, 0.25) is 0 Å². The zero-order valence-corrected chi connectivity index (χ0v) is 11.7. The maximum absolute atomic E-state index is 2.32. The third-order valence-electron chi connectivity index (χ3n) is 2.14. The Labute approximate surface area is 106 Å². The van der Waals surface area contributed by atoms with Gasteiger partial charge in [-0.05, 0) is 0 Å². The summed E-state index contributed by atoms with van der Waals surface area (Å²) in [5.74, 6) is 0.913. The van der Waals surface area contributed by atoms with E-state index in [0.717, 1.165) is 54.9 Å². The number of hydrogen-bond acceptors (Lipinski definition) is 0. The molecule has 0 heterocycles. The average Bonchev–Trinajstić information content (AvgIpc) is 1.96. The van der Waals surface area contributed by atoms with E-state index in [1.54, 1.807) is 0.515 Å². The van der Waals surface area contributed by atoms with Gasteiger partial charge in [0, 0.05) is 0 Å². The molecule has 0 aromatic heterocycles. The molecule has 0 N–H and O–H groups in total. The third-order valence-corrected chi connectivity index (χ3v) is 3.24. The second-order valence-electron chi connectivity index (χ2n) is 3.95.